The minimum absolute atomic E-state index is 0.0814. The van der Waals surface area contributed by atoms with Gasteiger partial charge in [-0.2, -0.15) is 0 Å². The second-order valence-electron chi connectivity index (χ2n) is 16.7. The number of anilines is 2. The highest BCUT2D eigenvalue weighted by atomic mass is 16.6. The van der Waals surface area contributed by atoms with Crippen molar-refractivity contribution in [2.75, 3.05) is 101 Å². The van der Waals surface area contributed by atoms with E-state index in [1.54, 1.807) is 6.92 Å². The second-order valence-corrected chi connectivity index (χ2v) is 16.7. The third-order valence-electron chi connectivity index (χ3n) is 11.4. The highest BCUT2D eigenvalue weighted by Gasteiger charge is 2.28. The van der Waals surface area contributed by atoms with E-state index in [-0.39, 0.29) is 24.6 Å². The molecule has 3 N–H and O–H groups in total. The summed E-state index contributed by atoms with van der Waals surface area (Å²) in [5.74, 6) is -0.709. The number of carboxylic acids is 1. The van der Waals surface area contributed by atoms with E-state index in [4.69, 9.17) is 9.84 Å². The summed E-state index contributed by atoms with van der Waals surface area (Å²) in [4.78, 5) is 48.2. The van der Waals surface area contributed by atoms with E-state index in [1.165, 1.54) is 49.4 Å². The monoisotopic (exact) mass is 777 g/mol. The second kappa shape index (κ2) is 21.0. The number of carbonyl (C=O) groups is 3. The Morgan fingerprint density at radius 1 is 0.768 bits per heavy atom. The summed E-state index contributed by atoms with van der Waals surface area (Å²) in [7, 11) is 0. The zero-order valence-corrected chi connectivity index (χ0v) is 34.7. The largest absolute Gasteiger partial charge is 0.480 e. The van der Waals surface area contributed by atoms with E-state index in [1.807, 2.05) is 35.5 Å². The number of hydrogen-bond acceptors (Lipinski definition) is 10. The number of piperidine rings is 2. The number of carbonyl (C=O) groups excluding carboxylic acids is 2. The Balaban J connectivity index is 0.000000215. The van der Waals surface area contributed by atoms with Crippen LogP contribution in [0, 0.1) is 0 Å². The summed E-state index contributed by atoms with van der Waals surface area (Å²) in [5, 5.41) is 16.0. The van der Waals surface area contributed by atoms with Gasteiger partial charge in [-0.05, 0) is 101 Å². The molecule has 0 aliphatic carbocycles. The lowest BCUT2D eigenvalue weighted by molar-refractivity contribution is -0.140. The molecule has 6 rings (SSSR count). The van der Waals surface area contributed by atoms with Gasteiger partial charge in [0.1, 0.15) is 5.60 Å². The highest BCUT2D eigenvalue weighted by molar-refractivity contribution is 5.73. The maximum Gasteiger partial charge on any atom is 0.410 e. The van der Waals surface area contributed by atoms with Crippen LogP contribution in [-0.4, -0.2) is 152 Å². The quantitative estimate of drug-likeness (QED) is 0.303. The van der Waals surface area contributed by atoms with Gasteiger partial charge in [0, 0.05) is 109 Å². The number of aliphatic carboxylic acids is 1. The van der Waals surface area contributed by atoms with Gasteiger partial charge in [0.25, 0.3) is 0 Å². The maximum absolute atomic E-state index is 12.2. The van der Waals surface area contributed by atoms with Gasteiger partial charge >= 0.3 is 12.1 Å². The summed E-state index contributed by atoms with van der Waals surface area (Å²) >= 11 is 0. The molecule has 0 bridgehead atoms. The van der Waals surface area contributed by atoms with E-state index in [9.17, 15) is 14.4 Å². The highest BCUT2D eigenvalue weighted by Crippen LogP contribution is 2.23. The van der Waals surface area contributed by atoms with Gasteiger partial charge < -0.3 is 45.0 Å². The molecule has 4 aliphatic heterocycles. The van der Waals surface area contributed by atoms with E-state index in [0.717, 1.165) is 77.3 Å². The molecule has 0 radical (unpaired) electrons. The normalized spacial score (nSPS) is 19.3. The Hall–Kier alpha value is -3.91. The van der Waals surface area contributed by atoms with E-state index >= 15 is 0 Å². The molecular formula is C43H68N8O5. The first-order chi connectivity index (χ1) is 26.9. The van der Waals surface area contributed by atoms with Gasteiger partial charge in [-0.3, -0.25) is 14.5 Å². The van der Waals surface area contributed by atoms with Crippen LogP contribution in [0.25, 0.3) is 0 Å². The van der Waals surface area contributed by atoms with Crippen LogP contribution in [0.5, 0.6) is 0 Å². The molecule has 4 fully saturated rings. The van der Waals surface area contributed by atoms with Crippen molar-refractivity contribution in [1.29, 1.82) is 0 Å². The molecule has 2 aromatic carbocycles. The fourth-order valence-electron chi connectivity index (χ4n) is 8.02. The number of benzene rings is 2. The van der Waals surface area contributed by atoms with Crippen LogP contribution in [0.4, 0.5) is 16.2 Å². The molecule has 0 unspecified atom stereocenters. The average molecular weight is 777 g/mol. The Labute approximate surface area is 335 Å². The number of amides is 2. The molecule has 13 heteroatoms. The van der Waals surface area contributed by atoms with Crippen molar-refractivity contribution in [3.8, 4) is 0 Å². The number of rotatable bonds is 11. The Bertz CT molecular complexity index is 1500. The van der Waals surface area contributed by atoms with Crippen LogP contribution < -0.4 is 20.4 Å². The van der Waals surface area contributed by atoms with Crippen molar-refractivity contribution < 1.29 is 24.2 Å². The lowest BCUT2D eigenvalue weighted by atomic mass is 10.0. The molecule has 2 aromatic rings. The van der Waals surface area contributed by atoms with Gasteiger partial charge in [0.05, 0.1) is 6.54 Å². The van der Waals surface area contributed by atoms with Crippen molar-refractivity contribution in [1.82, 2.24) is 30.2 Å². The van der Waals surface area contributed by atoms with Crippen LogP contribution in [0.1, 0.15) is 71.4 Å². The van der Waals surface area contributed by atoms with E-state index in [0.29, 0.717) is 25.7 Å². The Kier molecular flexibility index (Phi) is 16.2. The Morgan fingerprint density at radius 2 is 1.30 bits per heavy atom. The maximum atomic E-state index is 12.2. The fourth-order valence-corrected chi connectivity index (χ4v) is 8.02. The van der Waals surface area contributed by atoms with Gasteiger partial charge in [-0.15, -0.1) is 0 Å². The van der Waals surface area contributed by atoms with Crippen LogP contribution in [0.15, 0.2) is 48.5 Å². The first-order valence-corrected chi connectivity index (χ1v) is 20.9. The zero-order chi connectivity index (χ0) is 40.1. The number of hydrogen-bond donors (Lipinski definition) is 3. The van der Waals surface area contributed by atoms with Gasteiger partial charge in [0.2, 0.25) is 5.91 Å². The van der Waals surface area contributed by atoms with Crippen LogP contribution >= 0.6 is 0 Å². The fraction of sp³-hybridized carbons (Fsp3) is 0.651. The molecule has 0 atom stereocenters. The number of nitrogens with one attached hydrogen (secondary N) is 2. The summed E-state index contributed by atoms with van der Waals surface area (Å²) in [6.45, 7) is 23.4. The minimum Gasteiger partial charge on any atom is -0.480 e. The van der Waals surface area contributed by atoms with Crippen molar-refractivity contribution in [2.45, 2.75) is 91.1 Å². The zero-order valence-electron chi connectivity index (χ0n) is 34.7. The van der Waals surface area contributed by atoms with Gasteiger partial charge in [0.15, 0.2) is 0 Å². The van der Waals surface area contributed by atoms with Crippen molar-refractivity contribution in [3.63, 3.8) is 0 Å². The summed E-state index contributed by atoms with van der Waals surface area (Å²) in [6, 6.07) is 18.2. The Morgan fingerprint density at radius 3 is 1.82 bits per heavy atom. The predicted octanol–water partition coefficient (Wildman–Crippen LogP) is 4.31. The third kappa shape index (κ3) is 13.6. The number of piperazine rings is 2. The molecule has 4 aliphatic rings. The molecular weight excluding hydrogens is 709 g/mol. The molecule has 2 amide bonds. The van der Waals surface area contributed by atoms with Crippen molar-refractivity contribution in [2.24, 2.45) is 0 Å². The number of carboxylic acid groups (broad SMARTS) is 1. The molecule has 4 saturated heterocycles. The standard InChI is InChI=1S/C23H38N4O2.C20H30N4O3/c1-5-25-12-10-20(11-13-25)24-18-19-6-8-21(9-7-19)26-14-16-27(17-15-26)22(28)29-23(2,3)4;1-16(25)24(19-6-10-22(11-7-19)15-20(26)27)14-17-2-4-18(5-3-17)23-12-8-21-9-13-23/h6-9,20,24H,5,10-18H2,1-4H3;2-5,19,21H,6-15H2,1H3,(H,26,27). The minimum atomic E-state index is -0.790. The molecule has 0 saturated carbocycles. The van der Waals surface area contributed by atoms with Crippen LogP contribution in [0.2, 0.25) is 0 Å². The summed E-state index contributed by atoms with van der Waals surface area (Å²) < 4.78 is 5.48. The predicted molar refractivity (Wildman–Crippen MR) is 223 cm³/mol. The number of ether oxygens (including phenoxy) is 1. The van der Waals surface area contributed by atoms with Crippen molar-refractivity contribution in [3.05, 3.63) is 59.7 Å². The molecule has 56 heavy (non-hydrogen) atoms. The smallest absolute Gasteiger partial charge is 0.410 e. The van der Waals surface area contributed by atoms with Gasteiger partial charge in [-0.1, -0.05) is 31.2 Å². The summed E-state index contributed by atoms with van der Waals surface area (Å²) in [5.41, 5.74) is 4.49. The van der Waals surface area contributed by atoms with Gasteiger partial charge in [-0.25, -0.2) is 4.79 Å². The third-order valence-corrected chi connectivity index (χ3v) is 11.4. The first-order valence-electron chi connectivity index (χ1n) is 20.9. The van der Waals surface area contributed by atoms with Crippen LogP contribution in [-0.2, 0) is 27.4 Å². The SMILES string of the molecule is CC(=O)N(Cc1ccc(N2CCNCC2)cc1)C1CCN(CC(=O)O)CC1.CCN1CCC(NCc2ccc(N3CCN(C(=O)OC(C)(C)C)CC3)cc2)CC1. The van der Waals surface area contributed by atoms with Crippen LogP contribution in [0.3, 0.4) is 0 Å². The molecule has 0 spiro atoms. The van der Waals surface area contributed by atoms with Crippen molar-refractivity contribution >= 4 is 29.3 Å². The summed E-state index contributed by atoms with van der Waals surface area (Å²) in [6.07, 6.45) is 3.93. The molecule has 13 nitrogen and oxygen atoms in total. The van der Waals surface area contributed by atoms with E-state index in [2.05, 4.69) is 80.8 Å². The number of likely N-dealkylation sites (tertiary alicyclic amines) is 2. The molecule has 310 valence electrons. The molecule has 0 aromatic heterocycles. The number of nitrogens with zero attached hydrogens (tertiary/aromatic N) is 6. The average Bonchev–Trinajstić information content (AvgIpc) is 3.20. The lowest BCUT2D eigenvalue weighted by Crippen LogP contribution is -2.50. The topological polar surface area (TPSA) is 124 Å². The van der Waals surface area contributed by atoms with E-state index < -0.39 is 11.6 Å². The lowest BCUT2D eigenvalue weighted by Gasteiger charge is -2.37. The first kappa shape index (κ1) is 43.2. The molecule has 4 heterocycles.